The second-order valence-corrected chi connectivity index (χ2v) is 4.92. The number of anilines is 1. The molecule has 0 amide bonds. The van der Waals surface area contributed by atoms with Crippen LogP contribution in [-0.2, 0) is 0 Å². The van der Waals surface area contributed by atoms with Gasteiger partial charge >= 0.3 is 0 Å². The first-order valence-corrected chi connectivity index (χ1v) is 6.81. The summed E-state index contributed by atoms with van der Waals surface area (Å²) < 4.78 is 0. The van der Waals surface area contributed by atoms with Crippen LogP contribution >= 0.6 is 0 Å². The minimum absolute atomic E-state index is 0.737. The zero-order chi connectivity index (χ0) is 14.7. The molecular formula is C17H16N4. The Kier molecular flexibility index (Phi) is 3.60. The lowest BCUT2D eigenvalue weighted by Gasteiger charge is -2.07. The summed E-state index contributed by atoms with van der Waals surface area (Å²) in [6, 6.07) is 13.9. The molecule has 0 unspecified atom stereocenters. The van der Waals surface area contributed by atoms with Crippen molar-refractivity contribution in [2.24, 2.45) is 5.10 Å². The van der Waals surface area contributed by atoms with Crippen molar-refractivity contribution in [3.63, 3.8) is 0 Å². The summed E-state index contributed by atoms with van der Waals surface area (Å²) in [5.74, 6) is 0.737. The van der Waals surface area contributed by atoms with Gasteiger partial charge in [0, 0.05) is 11.6 Å². The molecule has 104 valence electrons. The zero-order valence-corrected chi connectivity index (χ0v) is 12.0. The molecule has 3 aromatic rings. The van der Waals surface area contributed by atoms with E-state index in [1.165, 1.54) is 10.9 Å². The molecule has 0 radical (unpaired) electrons. The van der Waals surface area contributed by atoms with Crippen LogP contribution in [0.2, 0.25) is 0 Å². The minimum atomic E-state index is 0.737. The number of rotatable bonds is 3. The van der Waals surface area contributed by atoms with Gasteiger partial charge in [-0.3, -0.25) is 10.4 Å². The Morgan fingerprint density at radius 2 is 1.95 bits per heavy atom. The SMILES string of the molecule is Cc1cc(N/N=C\c2ccccn2)nc2c(C)cccc12. The van der Waals surface area contributed by atoms with Crippen LogP contribution in [0.25, 0.3) is 10.9 Å². The highest BCUT2D eigenvalue weighted by atomic mass is 15.3. The molecule has 1 N–H and O–H groups in total. The third kappa shape index (κ3) is 2.89. The van der Waals surface area contributed by atoms with Gasteiger partial charge in [-0.25, -0.2) is 4.98 Å². The lowest BCUT2D eigenvalue weighted by atomic mass is 10.1. The molecule has 0 fully saturated rings. The fraction of sp³-hybridized carbons (Fsp3) is 0.118. The number of aryl methyl sites for hydroxylation is 2. The number of benzene rings is 1. The number of fused-ring (bicyclic) bond motifs is 1. The molecule has 0 aliphatic rings. The highest BCUT2D eigenvalue weighted by molar-refractivity contribution is 5.86. The minimum Gasteiger partial charge on any atom is -0.261 e. The number of pyridine rings is 2. The van der Waals surface area contributed by atoms with Crippen LogP contribution in [0.1, 0.15) is 16.8 Å². The van der Waals surface area contributed by atoms with Crippen molar-refractivity contribution in [1.82, 2.24) is 9.97 Å². The first-order valence-electron chi connectivity index (χ1n) is 6.81. The maximum atomic E-state index is 4.62. The molecule has 2 heterocycles. The normalized spacial score (nSPS) is 11.1. The molecule has 0 saturated heterocycles. The molecule has 21 heavy (non-hydrogen) atoms. The van der Waals surface area contributed by atoms with Crippen LogP contribution in [-0.4, -0.2) is 16.2 Å². The number of nitrogens with zero attached hydrogens (tertiary/aromatic N) is 3. The summed E-state index contributed by atoms with van der Waals surface area (Å²) in [6.07, 6.45) is 3.42. The summed E-state index contributed by atoms with van der Waals surface area (Å²) in [6.45, 7) is 4.15. The molecule has 0 saturated carbocycles. The van der Waals surface area contributed by atoms with Crippen molar-refractivity contribution in [3.05, 3.63) is 65.5 Å². The number of hydrazone groups is 1. The second-order valence-electron chi connectivity index (χ2n) is 4.92. The van der Waals surface area contributed by atoms with Crippen LogP contribution in [0, 0.1) is 13.8 Å². The van der Waals surface area contributed by atoms with Gasteiger partial charge in [0.2, 0.25) is 0 Å². The lowest BCUT2D eigenvalue weighted by molar-refractivity contribution is 1.23. The molecule has 0 aliphatic carbocycles. The van der Waals surface area contributed by atoms with Gasteiger partial charge in [-0.2, -0.15) is 5.10 Å². The van der Waals surface area contributed by atoms with E-state index in [1.54, 1.807) is 12.4 Å². The second kappa shape index (κ2) is 5.71. The molecule has 3 rings (SSSR count). The topological polar surface area (TPSA) is 50.2 Å². The van der Waals surface area contributed by atoms with Gasteiger partial charge in [-0.05, 0) is 43.2 Å². The van der Waals surface area contributed by atoms with Crippen LogP contribution in [0.5, 0.6) is 0 Å². The molecular weight excluding hydrogens is 260 g/mol. The van der Waals surface area contributed by atoms with E-state index in [2.05, 4.69) is 52.5 Å². The van der Waals surface area contributed by atoms with Gasteiger partial charge in [0.15, 0.2) is 0 Å². The number of nitrogens with one attached hydrogen (secondary N) is 1. The van der Waals surface area contributed by atoms with Crippen molar-refractivity contribution in [3.8, 4) is 0 Å². The first kappa shape index (κ1) is 13.2. The number of hydrogen-bond acceptors (Lipinski definition) is 4. The Hall–Kier alpha value is -2.75. The predicted octanol–water partition coefficient (Wildman–Crippen LogP) is 3.69. The molecule has 2 aromatic heterocycles. The fourth-order valence-corrected chi connectivity index (χ4v) is 2.24. The van der Waals surface area contributed by atoms with Crippen LogP contribution in [0.15, 0.2) is 53.8 Å². The van der Waals surface area contributed by atoms with E-state index in [9.17, 15) is 0 Å². The van der Waals surface area contributed by atoms with E-state index in [-0.39, 0.29) is 0 Å². The van der Waals surface area contributed by atoms with Gasteiger partial charge < -0.3 is 0 Å². The standard InChI is InChI=1S/C17H16N4/c1-12-6-5-8-15-13(2)10-16(20-17(12)15)21-19-11-14-7-3-4-9-18-14/h3-11H,1-2H3,(H,20,21)/b19-11-. The number of para-hydroxylation sites is 1. The Balaban J connectivity index is 1.88. The monoisotopic (exact) mass is 276 g/mol. The summed E-state index contributed by atoms with van der Waals surface area (Å²) in [4.78, 5) is 8.80. The highest BCUT2D eigenvalue weighted by Crippen LogP contribution is 2.22. The summed E-state index contributed by atoms with van der Waals surface area (Å²) in [5, 5.41) is 5.36. The van der Waals surface area contributed by atoms with Gasteiger partial charge in [-0.1, -0.05) is 24.3 Å². The van der Waals surface area contributed by atoms with E-state index < -0.39 is 0 Å². The van der Waals surface area contributed by atoms with Gasteiger partial charge in [0.1, 0.15) is 5.82 Å². The molecule has 4 nitrogen and oxygen atoms in total. The molecule has 0 spiro atoms. The van der Waals surface area contributed by atoms with Crippen molar-refractivity contribution in [2.45, 2.75) is 13.8 Å². The van der Waals surface area contributed by atoms with Crippen molar-refractivity contribution in [2.75, 3.05) is 5.43 Å². The van der Waals surface area contributed by atoms with E-state index in [0.717, 1.165) is 22.6 Å². The fourth-order valence-electron chi connectivity index (χ4n) is 2.24. The van der Waals surface area contributed by atoms with Gasteiger partial charge in [-0.15, -0.1) is 0 Å². The molecule has 0 bridgehead atoms. The van der Waals surface area contributed by atoms with E-state index in [1.807, 2.05) is 24.3 Å². The Bertz CT molecular complexity index is 794. The number of aromatic nitrogens is 2. The van der Waals surface area contributed by atoms with E-state index in [0.29, 0.717) is 0 Å². The lowest BCUT2D eigenvalue weighted by Crippen LogP contribution is -1.97. The molecule has 1 aromatic carbocycles. The van der Waals surface area contributed by atoms with Crippen molar-refractivity contribution >= 4 is 22.9 Å². The average Bonchev–Trinajstić information content (AvgIpc) is 2.50. The van der Waals surface area contributed by atoms with Crippen molar-refractivity contribution in [1.29, 1.82) is 0 Å². The maximum absolute atomic E-state index is 4.62. The summed E-state index contributed by atoms with van der Waals surface area (Å²) in [7, 11) is 0. The highest BCUT2D eigenvalue weighted by Gasteiger charge is 2.04. The molecule has 0 aliphatic heterocycles. The maximum Gasteiger partial charge on any atom is 0.147 e. The Labute approximate surface area is 123 Å². The quantitative estimate of drug-likeness (QED) is 0.586. The predicted molar refractivity (Wildman–Crippen MR) is 86.7 cm³/mol. The largest absolute Gasteiger partial charge is 0.261 e. The van der Waals surface area contributed by atoms with Crippen LogP contribution < -0.4 is 5.43 Å². The van der Waals surface area contributed by atoms with Crippen LogP contribution in [0.4, 0.5) is 5.82 Å². The third-order valence-corrected chi connectivity index (χ3v) is 3.31. The van der Waals surface area contributed by atoms with Gasteiger partial charge in [0.05, 0.1) is 17.4 Å². The smallest absolute Gasteiger partial charge is 0.147 e. The molecule has 0 atom stereocenters. The first-order chi connectivity index (χ1) is 10.2. The summed E-state index contributed by atoms with van der Waals surface area (Å²) in [5.41, 5.74) is 7.12. The van der Waals surface area contributed by atoms with E-state index in [4.69, 9.17) is 0 Å². The van der Waals surface area contributed by atoms with Crippen molar-refractivity contribution < 1.29 is 0 Å². The van der Waals surface area contributed by atoms with Crippen LogP contribution in [0.3, 0.4) is 0 Å². The Morgan fingerprint density at radius 1 is 1.05 bits per heavy atom. The Morgan fingerprint density at radius 3 is 2.76 bits per heavy atom. The van der Waals surface area contributed by atoms with E-state index >= 15 is 0 Å². The summed E-state index contributed by atoms with van der Waals surface area (Å²) >= 11 is 0. The third-order valence-electron chi connectivity index (χ3n) is 3.31. The number of hydrogen-bond donors (Lipinski definition) is 1. The van der Waals surface area contributed by atoms with Gasteiger partial charge in [0.25, 0.3) is 0 Å². The average molecular weight is 276 g/mol. The zero-order valence-electron chi connectivity index (χ0n) is 12.0. The molecule has 4 heteroatoms.